The molecule has 1 aliphatic carbocycles. The Bertz CT molecular complexity index is 1030. The molecule has 0 bridgehead atoms. The Labute approximate surface area is 170 Å². The summed E-state index contributed by atoms with van der Waals surface area (Å²) in [5.41, 5.74) is 2.63. The van der Waals surface area contributed by atoms with Gasteiger partial charge in [-0.1, -0.05) is 48.5 Å². The van der Waals surface area contributed by atoms with E-state index in [2.05, 4.69) is 4.72 Å². The van der Waals surface area contributed by atoms with Crippen LogP contribution in [-0.2, 0) is 21.2 Å². The molecule has 1 heterocycles. The van der Waals surface area contributed by atoms with Gasteiger partial charge in [-0.3, -0.25) is 0 Å². The first-order valence-corrected chi connectivity index (χ1v) is 11.3. The van der Waals surface area contributed by atoms with Crippen molar-refractivity contribution in [2.24, 2.45) is 0 Å². The fourth-order valence-corrected chi connectivity index (χ4v) is 5.59. The molecule has 4 rings (SSSR count). The number of aliphatic carboxylic acids is 1. The molecular formula is C22H23NO5S. The van der Waals surface area contributed by atoms with E-state index in [4.69, 9.17) is 9.84 Å². The van der Waals surface area contributed by atoms with E-state index in [-0.39, 0.29) is 23.8 Å². The van der Waals surface area contributed by atoms with Crippen LogP contribution in [0.3, 0.4) is 0 Å². The lowest BCUT2D eigenvalue weighted by Crippen LogP contribution is -2.39. The lowest BCUT2D eigenvalue weighted by atomic mass is 9.93. The summed E-state index contributed by atoms with van der Waals surface area (Å²) in [7, 11) is -3.43. The second kappa shape index (κ2) is 8.00. The predicted octanol–water partition coefficient (Wildman–Crippen LogP) is 2.95. The number of fused-ring (bicyclic) bond motifs is 3. The van der Waals surface area contributed by atoms with Gasteiger partial charge in [-0.05, 0) is 30.9 Å². The van der Waals surface area contributed by atoms with Gasteiger partial charge in [-0.2, -0.15) is 0 Å². The number of nitrogens with one attached hydrogen (secondary N) is 1. The van der Waals surface area contributed by atoms with Crippen LogP contribution in [0.4, 0.5) is 0 Å². The molecule has 1 fully saturated rings. The van der Waals surface area contributed by atoms with Crippen LogP contribution < -0.4 is 9.46 Å². The summed E-state index contributed by atoms with van der Waals surface area (Å²) >= 11 is 0. The monoisotopic (exact) mass is 413 g/mol. The molecule has 1 saturated carbocycles. The molecule has 0 spiro atoms. The number of benzene rings is 2. The molecule has 3 atom stereocenters. The highest BCUT2D eigenvalue weighted by Crippen LogP contribution is 2.48. The molecule has 3 unspecified atom stereocenters. The molecule has 2 N–H and O–H groups in total. The molecule has 0 radical (unpaired) electrons. The Hall–Kier alpha value is -2.64. The fourth-order valence-electron chi connectivity index (χ4n) is 4.25. The summed E-state index contributed by atoms with van der Waals surface area (Å²) in [5.74, 6) is -0.382. The quantitative estimate of drug-likeness (QED) is 0.681. The largest absolute Gasteiger partial charge is 0.489 e. The lowest BCUT2D eigenvalue weighted by molar-refractivity contribution is -0.131. The minimum atomic E-state index is -3.43. The van der Waals surface area contributed by atoms with Crippen LogP contribution in [0.15, 0.2) is 54.6 Å². The second-order valence-electron chi connectivity index (χ2n) is 7.48. The molecular weight excluding hydrogens is 390 g/mol. The van der Waals surface area contributed by atoms with E-state index in [1.165, 1.54) is 6.08 Å². The Kier molecular flexibility index (Phi) is 5.43. The number of hydrogen-bond acceptors (Lipinski definition) is 4. The predicted molar refractivity (Wildman–Crippen MR) is 110 cm³/mol. The highest BCUT2D eigenvalue weighted by molar-refractivity contribution is 7.89. The number of para-hydroxylation sites is 1. The summed E-state index contributed by atoms with van der Waals surface area (Å²) in [4.78, 5) is 10.8. The molecule has 6 nitrogen and oxygen atoms in total. The van der Waals surface area contributed by atoms with Crippen molar-refractivity contribution in [3.05, 3.63) is 71.3 Å². The summed E-state index contributed by atoms with van der Waals surface area (Å²) < 4.78 is 34.3. The number of carbonyl (C=O) groups is 1. The van der Waals surface area contributed by atoms with Gasteiger partial charge in [-0.15, -0.1) is 0 Å². The van der Waals surface area contributed by atoms with Crippen LogP contribution in [0.25, 0.3) is 6.08 Å². The van der Waals surface area contributed by atoms with Crippen molar-refractivity contribution < 1.29 is 23.1 Å². The molecule has 7 heteroatoms. The fraction of sp³-hybridized carbons (Fsp3) is 0.318. The van der Waals surface area contributed by atoms with Gasteiger partial charge in [0.1, 0.15) is 11.9 Å². The standard InChI is InChI=1S/C22H23NO5S/c24-20(25)12-9-16-7-4-8-17-21-18(10-11-19(21)28-22(16)17)23-29(26,27)14-13-15-5-2-1-3-6-15/h1-9,12,18-19,21,23H,10-11,13-14H2,(H,24,25)/b12-9+. The number of carboxylic acid groups (broad SMARTS) is 1. The second-order valence-corrected chi connectivity index (χ2v) is 9.35. The van der Waals surface area contributed by atoms with E-state index in [0.717, 1.165) is 23.6 Å². The normalized spacial score (nSPS) is 23.0. The van der Waals surface area contributed by atoms with Gasteiger partial charge >= 0.3 is 5.97 Å². The Morgan fingerprint density at radius 2 is 1.93 bits per heavy atom. The maximum Gasteiger partial charge on any atom is 0.328 e. The number of carboxylic acids is 1. The number of aryl methyl sites for hydroxylation is 1. The first-order chi connectivity index (χ1) is 13.9. The van der Waals surface area contributed by atoms with Crippen molar-refractivity contribution in [3.63, 3.8) is 0 Å². The first-order valence-electron chi connectivity index (χ1n) is 9.67. The minimum Gasteiger partial charge on any atom is -0.489 e. The summed E-state index contributed by atoms with van der Waals surface area (Å²) in [6.45, 7) is 0. The topological polar surface area (TPSA) is 92.7 Å². The average molecular weight is 413 g/mol. The zero-order chi connectivity index (χ0) is 20.4. The zero-order valence-corrected chi connectivity index (χ0v) is 16.6. The summed E-state index contributed by atoms with van der Waals surface area (Å²) in [6, 6.07) is 14.9. The zero-order valence-electron chi connectivity index (χ0n) is 15.8. The van der Waals surface area contributed by atoms with Crippen LogP contribution in [0.1, 0.15) is 35.4 Å². The number of hydrogen-bond donors (Lipinski definition) is 2. The Morgan fingerprint density at radius 1 is 1.14 bits per heavy atom. The van der Waals surface area contributed by atoms with E-state index < -0.39 is 16.0 Å². The van der Waals surface area contributed by atoms with E-state index in [1.54, 1.807) is 6.07 Å². The van der Waals surface area contributed by atoms with Crippen LogP contribution in [-0.4, -0.2) is 37.4 Å². The number of sulfonamides is 1. The molecule has 152 valence electrons. The van der Waals surface area contributed by atoms with Crippen molar-refractivity contribution in [3.8, 4) is 5.75 Å². The van der Waals surface area contributed by atoms with Crippen molar-refractivity contribution in [2.75, 3.05) is 5.75 Å². The maximum absolute atomic E-state index is 12.7. The third-order valence-electron chi connectivity index (χ3n) is 5.54. The van der Waals surface area contributed by atoms with Gasteiger partial charge in [0.25, 0.3) is 0 Å². The van der Waals surface area contributed by atoms with E-state index in [0.29, 0.717) is 24.2 Å². The van der Waals surface area contributed by atoms with Crippen LogP contribution in [0.5, 0.6) is 5.75 Å². The third-order valence-corrected chi connectivity index (χ3v) is 6.94. The Morgan fingerprint density at radius 3 is 2.69 bits per heavy atom. The van der Waals surface area contributed by atoms with Gasteiger partial charge in [-0.25, -0.2) is 17.9 Å². The summed E-state index contributed by atoms with van der Waals surface area (Å²) in [6.07, 6.45) is 4.44. The van der Waals surface area contributed by atoms with Crippen molar-refractivity contribution in [2.45, 2.75) is 37.3 Å². The van der Waals surface area contributed by atoms with Crippen molar-refractivity contribution in [1.29, 1.82) is 0 Å². The molecule has 1 aliphatic heterocycles. The van der Waals surface area contributed by atoms with Crippen LogP contribution in [0.2, 0.25) is 0 Å². The number of rotatable bonds is 7. The van der Waals surface area contributed by atoms with Crippen molar-refractivity contribution in [1.82, 2.24) is 4.72 Å². The van der Waals surface area contributed by atoms with Gasteiger partial charge in [0.2, 0.25) is 10.0 Å². The Balaban J connectivity index is 1.49. The number of ether oxygens (including phenoxy) is 1. The van der Waals surface area contributed by atoms with Crippen molar-refractivity contribution >= 4 is 22.1 Å². The van der Waals surface area contributed by atoms with Gasteiger partial charge in [0.05, 0.1) is 5.75 Å². The lowest BCUT2D eigenvalue weighted by Gasteiger charge is -2.19. The van der Waals surface area contributed by atoms with E-state index >= 15 is 0 Å². The molecule has 0 aromatic heterocycles. The highest BCUT2D eigenvalue weighted by atomic mass is 32.2. The van der Waals surface area contributed by atoms with Gasteiger partial charge in [0.15, 0.2) is 0 Å². The van der Waals surface area contributed by atoms with Crippen LogP contribution >= 0.6 is 0 Å². The maximum atomic E-state index is 12.7. The SMILES string of the molecule is O=C(O)/C=C/c1cccc2c1OC1CCC(NS(=O)(=O)CCc3ccccc3)C21. The molecule has 2 aromatic carbocycles. The molecule has 0 amide bonds. The smallest absolute Gasteiger partial charge is 0.328 e. The average Bonchev–Trinajstić information content (AvgIpc) is 3.25. The molecule has 0 saturated heterocycles. The minimum absolute atomic E-state index is 0.0417. The van der Waals surface area contributed by atoms with Gasteiger partial charge in [0, 0.05) is 29.2 Å². The first kappa shape index (κ1) is 19.7. The molecule has 2 aliphatic rings. The summed E-state index contributed by atoms with van der Waals surface area (Å²) in [5, 5.41) is 8.88. The van der Waals surface area contributed by atoms with Gasteiger partial charge < -0.3 is 9.84 Å². The molecule has 2 aromatic rings. The third kappa shape index (κ3) is 4.36. The van der Waals surface area contributed by atoms with E-state index in [1.807, 2.05) is 42.5 Å². The molecule has 29 heavy (non-hydrogen) atoms. The van der Waals surface area contributed by atoms with E-state index in [9.17, 15) is 13.2 Å². The highest BCUT2D eigenvalue weighted by Gasteiger charge is 2.46. The van der Waals surface area contributed by atoms with Crippen LogP contribution in [0, 0.1) is 0 Å².